The second kappa shape index (κ2) is 7.31. The summed E-state index contributed by atoms with van der Waals surface area (Å²) >= 11 is 0. The second-order valence-electron chi connectivity index (χ2n) is 7.27. The lowest BCUT2D eigenvalue weighted by atomic mass is 10.2. The number of aromatic nitrogens is 3. The largest absolute Gasteiger partial charge is 0.354 e. The highest BCUT2D eigenvalue weighted by Gasteiger charge is 2.16. The average Bonchev–Trinajstić information content (AvgIpc) is 3.16. The van der Waals surface area contributed by atoms with Crippen molar-refractivity contribution in [2.45, 2.75) is 20.4 Å². The Kier molecular flexibility index (Phi) is 4.69. The zero-order chi connectivity index (χ0) is 19.7. The number of nitrogens with zero attached hydrogens (tertiary/aromatic N) is 3. The van der Waals surface area contributed by atoms with E-state index in [0.717, 1.165) is 16.6 Å². The third kappa shape index (κ3) is 3.29. The van der Waals surface area contributed by atoms with Crippen LogP contribution in [0.3, 0.4) is 0 Å². The molecule has 2 aromatic carbocycles. The van der Waals surface area contributed by atoms with E-state index in [1.807, 2.05) is 68.4 Å². The molecule has 2 aromatic heterocycles. The Balaban J connectivity index is 1.86. The van der Waals surface area contributed by atoms with Gasteiger partial charge in [0.25, 0.3) is 0 Å². The van der Waals surface area contributed by atoms with Crippen LogP contribution in [0.15, 0.2) is 65.6 Å². The van der Waals surface area contributed by atoms with Gasteiger partial charge in [-0.25, -0.2) is 9.78 Å². The molecule has 0 aliphatic rings. The average molecular weight is 374 g/mol. The Hall–Kier alpha value is -3.41. The first kappa shape index (κ1) is 18.0. The van der Waals surface area contributed by atoms with Gasteiger partial charge in [0.1, 0.15) is 6.54 Å². The lowest BCUT2D eigenvalue weighted by Gasteiger charge is -2.12. The number of rotatable bonds is 5. The first-order valence-electron chi connectivity index (χ1n) is 9.37. The van der Waals surface area contributed by atoms with Crippen LogP contribution in [0.25, 0.3) is 27.8 Å². The minimum atomic E-state index is -0.275. The third-order valence-electron chi connectivity index (χ3n) is 4.66. The Bertz CT molecular complexity index is 1210. The normalized spacial score (nSPS) is 11.4. The minimum Gasteiger partial charge on any atom is -0.354 e. The van der Waals surface area contributed by atoms with Crippen LogP contribution >= 0.6 is 0 Å². The summed E-state index contributed by atoms with van der Waals surface area (Å²) in [5.74, 6) is 0.172. The van der Waals surface area contributed by atoms with Crippen molar-refractivity contribution in [2.24, 2.45) is 5.92 Å². The molecule has 4 aromatic rings. The number of amides is 1. The van der Waals surface area contributed by atoms with Crippen molar-refractivity contribution in [3.05, 3.63) is 71.3 Å². The Morgan fingerprint density at radius 1 is 1.07 bits per heavy atom. The van der Waals surface area contributed by atoms with Crippen LogP contribution in [0.1, 0.15) is 13.8 Å². The molecule has 0 spiro atoms. The summed E-state index contributed by atoms with van der Waals surface area (Å²) in [6.45, 7) is 4.62. The molecule has 0 radical (unpaired) electrons. The SMILES string of the molecule is CC(C)CNC(=O)Cn1c(=O)n2cc(-c3ccccc3)nc2c2ccccc21. The zero-order valence-corrected chi connectivity index (χ0v) is 15.9. The van der Waals surface area contributed by atoms with Crippen LogP contribution in [0.4, 0.5) is 0 Å². The highest BCUT2D eigenvalue weighted by molar-refractivity contribution is 5.93. The molecule has 28 heavy (non-hydrogen) atoms. The summed E-state index contributed by atoms with van der Waals surface area (Å²) in [5.41, 5.74) is 2.69. The molecule has 1 amide bonds. The number of fused-ring (bicyclic) bond motifs is 3. The van der Waals surface area contributed by atoms with Gasteiger partial charge in [-0.1, -0.05) is 56.3 Å². The molecule has 0 unspecified atom stereocenters. The highest BCUT2D eigenvalue weighted by Crippen LogP contribution is 2.22. The summed E-state index contributed by atoms with van der Waals surface area (Å²) in [6, 6.07) is 17.3. The number of hydrogen-bond acceptors (Lipinski definition) is 3. The zero-order valence-electron chi connectivity index (χ0n) is 15.9. The van der Waals surface area contributed by atoms with Gasteiger partial charge in [0, 0.05) is 23.7 Å². The molecular formula is C22H22N4O2. The molecule has 0 aliphatic carbocycles. The van der Waals surface area contributed by atoms with Gasteiger partial charge in [-0.05, 0) is 18.1 Å². The molecule has 1 N–H and O–H groups in total. The van der Waals surface area contributed by atoms with Crippen molar-refractivity contribution >= 4 is 22.5 Å². The fraction of sp³-hybridized carbons (Fsp3) is 0.227. The van der Waals surface area contributed by atoms with Crippen molar-refractivity contribution in [1.82, 2.24) is 19.3 Å². The number of carbonyl (C=O) groups excluding carboxylic acids is 1. The van der Waals surface area contributed by atoms with E-state index in [0.29, 0.717) is 23.6 Å². The molecule has 0 aliphatic heterocycles. The molecule has 6 nitrogen and oxygen atoms in total. The number of nitrogens with one attached hydrogen (secondary N) is 1. The van der Waals surface area contributed by atoms with Crippen LogP contribution in [0, 0.1) is 5.92 Å². The summed E-state index contributed by atoms with van der Waals surface area (Å²) in [6.07, 6.45) is 1.74. The Labute approximate surface area is 162 Å². The Morgan fingerprint density at radius 3 is 2.54 bits per heavy atom. The Morgan fingerprint density at radius 2 is 1.79 bits per heavy atom. The third-order valence-corrected chi connectivity index (χ3v) is 4.66. The van der Waals surface area contributed by atoms with E-state index in [1.54, 1.807) is 6.20 Å². The topological polar surface area (TPSA) is 68.4 Å². The van der Waals surface area contributed by atoms with E-state index in [9.17, 15) is 9.59 Å². The lowest BCUT2D eigenvalue weighted by molar-refractivity contribution is -0.121. The van der Waals surface area contributed by atoms with Crippen molar-refractivity contribution in [2.75, 3.05) is 6.54 Å². The van der Waals surface area contributed by atoms with Gasteiger partial charge >= 0.3 is 5.69 Å². The predicted octanol–water partition coefficient (Wildman–Crippen LogP) is 3.09. The molecule has 4 rings (SSSR count). The van der Waals surface area contributed by atoms with E-state index in [4.69, 9.17) is 4.98 Å². The highest BCUT2D eigenvalue weighted by atomic mass is 16.2. The molecule has 6 heteroatoms. The minimum absolute atomic E-state index is 0.0269. The monoisotopic (exact) mass is 374 g/mol. The molecule has 0 fully saturated rings. The van der Waals surface area contributed by atoms with Gasteiger partial charge in [-0.2, -0.15) is 0 Å². The maximum Gasteiger partial charge on any atom is 0.334 e. The van der Waals surface area contributed by atoms with Crippen molar-refractivity contribution < 1.29 is 4.79 Å². The number of imidazole rings is 1. The van der Waals surface area contributed by atoms with Crippen LogP contribution < -0.4 is 11.0 Å². The van der Waals surface area contributed by atoms with E-state index in [2.05, 4.69) is 5.32 Å². The number of para-hydroxylation sites is 1. The fourth-order valence-electron chi connectivity index (χ4n) is 3.27. The van der Waals surface area contributed by atoms with Gasteiger partial charge in [-0.3, -0.25) is 13.8 Å². The van der Waals surface area contributed by atoms with Gasteiger partial charge in [0.2, 0.25) is 5.91 Å². The summed E-state index contributed by atoms with van der Waals surface area (Å²) in [5, 5.41) is 3.71. The van der Waals surface area contributed by atoms with Gasteiger partial charge in [-0.15, -0.1) is 0 Å². The maximum atomic E-state index is 13.2. The fourth-order valence-corrected chi connectivity index (χ4v) is 3.27. The van der Waals surface area contributed by atoms with E-state index < -0.39 is 0 Å². The van der Waals surface area contributed by atoms with E-state index in [-0.39, 0.29) is 18.1 Å². The van der Waals surface area contributed by atoms with Crippen LogP contribution in [-0.2, 0) is 11.3 Å². The van der Waals surface area contributed by atoms with Crippen LogP contribution in [0.5, 0.6) is 0 Å². The van der Waals surface area contributed by atoms with Gasteiger partial charge in [0.05, 0.1) is 11.2 Å². The summed E-state index contributed by atoms with van der Waals surface area (Å²) in [7, 11) is 0. The number of benzene rings is 2. The van der Waals surface area contributed by atoms with Crippen molar-refractivity contribution in [3.63, 3.8) is 0 Å². The summed E-state index contributed by atoms with van der Waals surface area (Å²) in [4.78, 5) is 30.2. The lowest BCUT2D eigenvalue weighted by Crippen LogP contribution is -2.36. The van der Waals surface area contributed by atoms with Crippen molar-refractivity contribution in [1.29, 1.82) is 0 Å². The molecule has 142 valence electrons. The number of carbonyl (C=O) groups is 1. The van der Waals surface area contributed by atoms with Crippen LogP contribution in [0.2, 0.25) is 0 Å². The first-order chi connectivity index (χ1) is 13.5. The smallest absolute Gasteiger partial charge is 0.334 e. The molecule has 0 bridgehead atoms. The molecule has 0 saturated carbocycles. The summed E-state index contributed by atoms with van der Waals surface area (Å²) < 4.78 is 3.04. The van der Waals surface area contributed by atoms with E-state index in [1.165, 1.54) is 8.97 Å². The van der Waals surface area contributed by atoms with Gasteiger partial charge < -0.3 is 5.32 Å². The second-order valence-corrected chi connectivity index (χ2v) is 7.27. The standard InChI is InChI=1S/C22H22N4O2/c1-15(2)12-23-20(27)14-25-19-11-7-6-10-17(19)21-24-18(13-26(21)22(25)28)16-8-4-3-5-9-16/h3-11,13,15H,12,14H2,1-2H3,(H,23,27). The quantitative estimate of drug-likeness (QED) is 0.584. The van der Waals surface area contributed by atoms with Crippen molar-refractivity contribution in [3.8, 4) is 11.3 Å². The van der Waals surface area contributed by atoms with Gasteiger partial charge in [0.15, 0.2) is 5.65 Å². The predicted molar refractivity (Wildman–Crippen MR) is 110 cm³/mol. The number of hydrogen-bond donors (Lipinski definition) is 1. The molecule has 2 heterocycles. The van der Waals surface area contributed by atoms with Crippen LogP contribution in [-0.4, -0.2) is 26.4 Å². The first-order valence-corrected chi connectivity index (χ1v) is 9.37. The maximum absolute atomic E-state index is 13.2. The van der Waals surface area contributed by atoms with E-state index >= 15 is 0 Å². The molecule has 0 saturated heterocycles. The molecule has 0 atom stereocenters. The molecular weight excluding hydrogens is 352 g/mol.